The van der Waals surface area contributed by atoms with Crippen LogP contribution in [0.15, 0.2) is 18.2 Å². The fourth-order valence-electron chi connectivity index (χ4n) is 2.88. The molecule has 0 aromatic heterocycles. The third kappa shape index (κ3) is 3.99. The molecule has 0 bridgehead atoms. The van der Waals surface area contributed by atoms with Gasteiger partial charge in [-0.2, -0.15) is 0 Å². The first-order valence-corrected chi connectivity index (χ1v) is 7.99. The Balaban J connectivity index is 2.09. The maximum absolute atomic E-state index is 6.08. The van der Waals surface area contributed by atoms with E-state index in [1.165, 1.54) is 24.0 Å². The number of rotatable bonds is 5. The van der Waals surface area contributed by atoms with E-state index in [4.69, 9.17) is 4.74 Å². The maximum atomic E-state index is 6.08. The molecule has 1 aliphatic carbocycles. The SMILES string of the molecule is CCNC1CCCc2c(OCCC(C)(C)C)cccc21. The molecule has 2 nitrogen and oxygen atoms in total. The summed E-state index contributed by atoms with van der Waals surface area (Å²) in [5.74, 6) is 1.11. The zero-order chi connectivity index (χ0) is 14.6. The summed E-state index contributed by atoms with van der Waals surface area (Å²) in [7, 11) is 0. The van der Waals surface area contributed by atoms with E-state index < -0.39 is 0 Å². The van der Waals surface area contributed by atoms with Crippen molar-refractivity contribution in [3.8, 4) is 5.75 Å². The third-order valence-electron chi connectivity index (χ3n) is 4.02. The number of hydrogen-bond acceptors (Lipinski definition) is 2. The van der Waals surface area contributed by atoms with Gasteiger partial charge in [-0.25, -0.2) is 0 Å². The van der Waals surface area contributed by atoms with Crippen LogP contribution in [-0.2, 0) is 6.42 Å². The third-order valence-corrected chi connectivity index (χ3v) is 4.02. The number of nitrogens with one attached hydrogen (secondary N) is 1. The second-order valence-corrected chi connectivity index (χ2v) is 6.99. The van der Waals surface area contributed by atoms with Crippen molar-refractivity contribution in [2.24, 2.45) is 5.41 Å². The molecular weight excluding hydrogens is 246 g/mol. The zero-order valence-electron chi connectivity index (χ0n) is 13.5. The molecule has 0 amide bonds. The minimum atomic E-state index is 0.334. The van der Waals surface area contributed by atoms with Crippen LogP contribution in [0.5, 0.6) is 5.75 Å². The molecule has 0 saturated carbocycles. The highest BCUT2D eigenvalue weighted by atomic mass is 16.5. The monoisotopic (exact) mass is 275 g/mol. The minimum Gasteiger partial charge on any atom is -0.493 e. The lowest BCUT2D eigenvalue weighted by Gasteiger charge is -2.28. The molecule has 0 heterocycles. The standard InChI is InChI=1S/C18H29NO/c1-5-19-16-10-6-9-15-14(16)8-7-11-17(15)20-13-12-18(2,3)4/h7-8,11,16,19H,5-6,9-10,12-13H2,1-4H3. The Morgan fingerprint density at radius 2 is 2.10 bits per heavy atom. The summed E-state index contributed by atoms with van der Waals surface area (Å²) in [6.07, 6.45) is 4.74. The van der Waals surface area contributed by atoms with E-state index in [0.717, 1.165) is 31.7 Å². The summed E-state index contributed by atoms with van der Waals surface area (Å²) in [5.41, 5.74) is 3.21. The molecule has 2 heteroatoms. The lowest BCUT2D eigenvalue weighted by Crippen LogP contribution is -2.25. The van der Waals surface area contributed by atoms with Crippen molar-refractivity contribution in [1.29, 1.82) is 0 Å². The van der Waals surface area contributed by atoms with E-state index in [-0.39, 0.29) is 0 Å². The molecule has 1 aromatic rings. The zero-order valence-corrected chi connectivity index (χ0v) is 13.5. The van der Waals surface area contributed by atoms with Gasteiger partial charge < -0.3 is 10.1 Å². The molecule has 1 aromatic carbocycles. The molecule has 1 N–H and O–H groups in total. The van der Waals surface area contributed by atoms with Crippen LogP contribution in [-0.4, -0.2) is 13.2 Å². The summed E-state index contributed by atoms with van der Waals surface area (Å²) in [4.78, 5) is 0. The van der Waals surface area contributed by atoms with Gasteiger partial charge in [-0.1, -0.05) is 39.8 Å². The van der Waals surface area contributed by atoms with Crippen LogP contribution in [0.4, 0.5) is 0 Å². The van der Waals surface area contributed by atoms with Gasteiger partial charge in [0.1, 0.15) is 5.75 Å². The minimum absolute atomic E-state index is 0.334. The summed E-state index contributed by atoms with van der Waals surface area (Å²) < 4.78 is 6.08. The summed E-state index contributed by atoms with van der Waals surface area (Å²) in [5, 5.41) is 3.59. The lowest BCUT2D eigenvalue weighted by atomic mass is 9.87. The molecule has 1 atom stereocenters. The first-order valence-electron chi connectivity index (χ1n) is 7.99. The average molecular weight is 275 g/mol. The smallest absolute Gasteiger partial charge is 0.122 e. The molecule has 1 unspecified atom stereocenters. The van der Waals surface area contributed by atoms with Crippen molar-refractivity contribution >= 4 is 0 Å². The normalized spacial score (nSPS) is 18.7. The molecule has 0 saturated heterocycles. The first-order chi connectivity index (χ1) is 9.51. The fourth-order valence-corrected chi connectivity index (χ4v) is 2.88. The number of fused-ring (bicyclic) bond motifs is 1. The Morgan fingerprint density at radius 1 is 1.30 bits per heavy atom. The van der Waals surface area contributed by atoms with Gasteiger partial charge in [-0.15, -0.1) is 0 Å². The molecule has 0 spiro atoms. The number of benzene rings is 1. The van der Waals surface area contributed by atoms with Gasteiger partial charge in [-0.05, 0) is 54.8 Å². The van der Waals surface area contributed by atoms with Crippen LogP contribution >= 0.6 is 0 Å². The topological polar surface area (TPSA) is 21.3 Å². The number of hydrogen-bond donors (Lipinski definition) is 1. The van der Waals surface area contributed by atoms with Gasteiger partial charge in [0, 0.05) is 6.04 Å². The summed E-state index contributed by atoms with van der Waals surface area (Å²) >= 11 is 0. The Kier molecular flexibility index (Phi) is 5.09. The van der Waals surface area contributed by atoms with Crippen molar-refractivity contribution in [2.75, 3.05) is 13.2 Å². The van der Waals surface area contributed by atoms with E-state index in [1.807, 2.05) is 0 Å². The Bertz CT molecular complexity index is 434. The Labute approximate surface area is 123 Å². The second kappa shape index (κ2) is 6.62. The van der Waals surface area contributed by atoms with E-state index in [1.54, 1.807) is 0 Å². The van der Waals surface area contributed by atoms with Gasteiger partial charge in [0.15, 0.2) is 0 Å². The van der Waals surface area contributed by atoms with Crippen LogP contribution in [0.1, 0.15) is 64.1 Å². The second-order valence-electron chi connectivity index (χ2n) is 6.99. The quantitative estimate of drug-likeness (QED) is 0.855. The highest BCUT2D eigenvalue weighted by molar-refractivity contribution is 5.43. The highest BCUT2D eigenvalue weighted by Gasteiger charge is 2.22. The highest BCUT2D eigenvalue weighted by Crippen LogP contribution is 2.35. The fraction of sp³-hybridized carbons (Fsp3) is 0.667. The van der Waals surface area contributed by atoms with Crippen molar-refractivity contribution in [2.45, 2.75) is 59.4 Å². The maximum Gasteiger partial charge on any atom is 0.122 e. The van der Waals surface area contributed by atoms with Gasteiger partial charge in [0.05, 0.1) is 6.61 Å². The Morgan fingerprint density at radius 3 is 2.80 bits per heavy atom. The molecule has 112 valence electrons. The first kappa shape index (κ1) is 15.4. The van der Waals surface area contributed by atoms with Crippen molar-refractivity contribution in [3.05, 3.63) is 29.3 Å². The molecule has 20 heavy (non-hydrogen) atoms. The van der Waals surface area contributed by atoms with Crippen LogP contribution in [0.2, 0.25) is 0 Å². The van der Waals surface area contributed by atoms with Gasteiger partial charge in [0.2, 0.25) is 0 Å². The lowest BCUT2D eigenvalue weighted by molar-refractivity contribution is 0.240. The van der Waals surface area contributed by atoms with Crippen molar-refractivity contribution < 1.29 is 4.74 Å². The van der Waals surface area contributed by atoms with Crippen LogP contribution in [0, 0.1) is 5.41 Å². The van der Waals surface area contributed by atoms with E-state index >= 15 is 0 Å². The average Bonchev–Trinajstić information content (AvgIpc) is 2.38. The predicted octanol–water partition coefficient (Wildman–Crippen LogP) is 4.49. The molecule has 2 rings (SSSR count). The van der Waals surface area contributed by atoms with E-state index in [2.05, 4.69) is 51.2 Å². The van der Waals surface area contributed by atoms with E-state index in [0.29, 0.717) is 11.5 Å². The Hall–Kier alpha value is -1.02. The van der Waals surface area contributed by atoms with Crippen LogP contribution in [0.25, 0.3) is 0 Å². The van der Waals surface area contributed by atoms with E-state index in [9.17, 15) is 0 Å². The largest absolute Gasteiger partial charge is 0.493 e. The van der Waals surface area contributed by atoms with Crippen molar-refractivity contribution in [1.82, 2.24) is 5.32 Å². The van der Waals surface area contributed by atoms with Gasteiger partial charge in [-0.3, -0.25) is 0 Å². The predicted molar refractivity (Wildman–Crippen MR) is 85.4 cm³/mol. The van der Waals surface area contributed by atoms with Crippen molar-refractivity contribution in [3.63, 3.8) is 0 Å². The van der Waals surface area contributed by atoms with Gasteiger partial charge >= 0.3 is 0 Å². The molecule has 0 fully saturated rings. The van der Waals surface area contributed by atoms with Gasteiger partial charge in [0.25, 0.3) is 0 Å². The van der Waals surface area contributed by atoms with Crippen LogP contribution < -0.4 is 10.1 Å². The molecule has 0 aliphatic heterocycles. The van der Waals surface area contributed by atoms with Crippen LogP contribution in [0.3, 0.4) is 0 Å². The molecule has 1 aliphatic rings. The summed E-state index contributed by atoms with van der Waals surface area (Å²) in [6.45, 7) is 10.8. The molecule has 0 radical (unpaired) electrons. The number of ether oxygens (including phenoxy) is 1. The summed E-state index contributed by atoms with van der Waals surface area (Å²) in [6, 6.07) is 7.05. The molecular formula is C18H29NO.